The lowest BCUT2D eigenvalue weighted by molar-refractivity contribution is -0.132. The maximum absolute atomic E-state index is 10.3. The zero-order valence-corrected chi connectivity index (χ0v) is 7.62. The lowest BCUT2D eigenvalue weighted by atomic mass is 10.2. The molecule has 0 amide bonds. The van der Waals surface area contributed by atoms with E-state index in [-0.39, 0.29) is 0 Å². The quantitative estimate of drug-likeness (QED) is 0.294. The summed E-state index contributed by atoms with van der Waals surface area (Å²) in [4.78, 5) is 23.4. The summed E-state index contributed by atoms with van der Waals surface area (Å²) >= 11 is 0. The van der Waals surface area contributed by atoms with Gasteiger partial charge in [0.15, 0.2) is 0 Å². The van der Waals surface area contributed by atoms with Crippen molar-refractivity contribution in [2.24, 2.45) is 4.99 Å². The lowest BCUT2D eigenvalue weighted by Gasteiger charge is -1.93. The molecule has 0 fully saturated rings. The van der Waals surface area contributed by atoms with Gasteiger partial charge in [-0.3, -0.25) is 0 Å². The zero-order valence-electron chi connectivity index (χ0n) is 7.62. The van der Waals surface area contributed by atoms with Crippen molar-refractivity contribution in [3.05, 3.63) is 11.6 Å². The first kappa shape index (κ1) is 11.6. The predicted octanol–water partition coefficient (Wildman–Crippen LogP) is 1.52. The molecule has 0 unspecified atom stereocenters. The van der Waals surface area contributed by atoms with Crippen molar-refractivity contribution >= 4 is 12.0 Å². The van der Waals surface area contributed by atoms with Gasteiger partial charge in [0.1, 0.15) is 0 Å². The molecule has 13 heavy (non-hydrogen) atoms. The van der Waals surface area contributed by atoms with Crippen LogP contribution in [0.4, 0.5) is 0 Å². The molecule has 0 bridgehead atoms. The van der Waals surface area contributed by atoms with E-state index in [0.717, 1.165) is 12.8 Å². The number of aliphatic imine (C=N–C) groups is 1. The maximum Gasteiger partial charge on any atom is 0.330 e. The van der Waals surface area contributed by atoms with Crippen molar-refractivity contribution in [1.82, 2.24) is 0 Å². The molecule has 4 nitrogen and oxygen atoms in total. The van der Waals surface area contributed by atoms with E-state index < -0.39 is 5.97 Å². The van der Waals surface area contributed by atoms with E-state index in [0.29, 0.717) is 18.5 Å². The Morgan fingerprint density at radius 3 is 2.77 bits per heavy atom. The summed E-state index contributed by atoms with van der Waals surface area (Å²) in [5, 5.41) is 8.48. The van der Waals surface area contributed by atoms with E-state index in [4.69, 9.17) is 5.11 Å². The van der Waals surface area contributed by atoms with Crippen LogP contribution in [-0.2, 0) is 9.59 Å². The van der Waals surface area contributed by atoms with Crippen LogP contribution in [0.2, 0.25) is 0 Å². The van der Waals surface area contributed by atoms with Crippen molar-refractivity contribution in [2.75, 3.05) is 6.54 Å². The van der Waals surface area contributed by atoms with Gasteiger partial charge in [0.2, 0.25) is 6.08 Å². The molecule has 72 valence electrons. The van der Waals surface area contributed by atoms with Gasteiger partial charge in [0.25, 0.3) is 0 Å². The summed E-state index contributed by atoms with van der Waals surface area (Å²) in [6, 6.07) is 0. The molecule has 0 saturated heterocycles. The molecule has 0 rings (SSSR count). The summed E-state index contributed by atoms with van der Waals surface area (Å²) in [5.74, 6) is -0.883. The number of rotatable bonds is 6. The number of carboxylic acids is 1. The van der Waals surface area contributed by atoms with Crippen molar-refractivity contribution in [2.45, 2.75) is 26.2 Å². The molecule has 4 heteroatoms. The standard InChI is InChI=1S/C9H13NO3/c1-8(9(12)13)5-3-2-4-6-10-7-11/h5H,2-4,6H2,1H3,(H,12,13). The van der Waals surface area contributed by atoms with Gasteiger partial charge in [-0.2, -0.15) is 0 Å². The molecule has 0 spiro atoms. The van der Waals surface area contributed by atoms with Crippen molar-refractivity contribution in [3.63, 3.8) is 0 Å². The topological polar surface area (TPSA) is 66.7 Å². The Morgan fingerprint density at radius 1 is 1.54 bits per heavy atom. The van der Waals surface area contributed by atoms with Crippen molar-refractivity contribution < 1.29 is 14.7 Å². The molecule has 0 heterocycles. The normalized spacial score (nSPS) is 10.7. The van der Waals surface area contributed by atoms with E-state index in [2.05, 4.69) is 4.99 Å². The largest absolute Gasteiger partial charge is 0.478 e. The average Bonchev–Trinajstić information content (AvgIpc) is 2.10. The molecule has 0 radical (unpaired) electrons. The van der Waals surface area contributed by atoms with E-state index in [9.17, 15) is 9.59 Å². The van der Waals surface area contributed by atoms with E-state index in [1.54, 1.807) is 13.0 Å². The number of hydrogen-bond acceptors (Lipinski definition) is 3. The second kappa shape index (κ2) is 7.25. The second-order valence-electron chi connectivity index (χ2n) is 2.66. The minimum absolute atomic E-state index is 0.360. The molecule has 0 aromatic heterocycles. The van der Waals surface area contributed by atoms with Crippen LogP contribution in [0.1, 0.15) is 26.2 Å². The van der Waals surface area contributed by atoms with Gasteiger partial charge in [0.05, 0.1) is 6.54 Å². The number of unbranched alkanes of at least 4 members (excludes halogenated alkanes) is 2. The van der Waals surface area contributed by atoms with Crippen LogP contribution in [0.5, 0.6) is 0 Å². The lowest BCUT2D eigenvalue weighted by Crippen LogP contribution is -1.95. The van der Waals surface area contributed by atoms with E-state index >= 15 is 0 Å². The van der Waals surface area contributed by atoms with Crippen LogP contribution in [0.25, 0.3) is 0 Å². The van der Waals surface area contributed by atoms with Gasteiger partial charge in [-0.05, 0) is 26.2 Å². The van der Waals surface area contributed by atoms with Crippen LogP contribution in [0, 0.1) is 0 Å². The molecule has 0 atom stereocenters. The smallest absolute Gasteiger partial charge is 0.330 e. The van der Waals surface area contributed by atoms with Gasteiger partial charge >= 0.3 is 5.97 Å². The third-order valence-electron chi connectivity index (χ3n) is 1.58. The Kier molecular flexibility index (Phi) is 6.46. The number of carbonyl (C=O) groups excluding carboxylic acids is 1. The first-order valence-electron chi connectivity index (χ1n) is 4.12. The number of nitrogens with zero attached hydrogens (tertiary/aromatic N) is 1. The number of hydrogen-bond donors (Lipinski definition) is 1. The van der Waals surface area contributed by atoms with Crippen LogP contribution in [0.3, 0.4) is 0 Å². The Bertz CT molecular complexity index is 239. The summed E-state index contributed by atoms with van der Waals surface area (Å²) in [6.07, 6.45) is 5.47. The van der Waals surface area contributed by atoms with Gasteiger partial charge in [-0.25, -0.2) is 14.6 Å². The van der Waals surface area contributed by atoms with Crippen molar-refractivity contribution in [1.29, 1.82) is 0 Å². The first-order valence-corrected chi connectivity index (χ1v) is 4.12. The summed E-state index contributed by atoms with van der Waals surface area (Å²) < 4.78 is 0. The van der Waals surface area contributed by atoms with Crippen molar-refractivity contribution in [3.8, 4) is 0 Å². The third-order valence-corrected chi connectivity index (χ3v) is 1.58. The molecule has 1 N–H and O–H groups in total. The van der Waals surface area contributed by atoms with Gasteiger partial charge in [0, 0.05) is 5.57 Å². The maximum atomic E-state index is 10.3. The molecule has 0 aliphatic carbocycles. The highest BCUT2D eigenvalue weighted by Crippen LogP contribution is 2.01. The Labute approximate surface area is 77.0 Å². The number of allylic oxidation sites excluding steroid dienone is 1. The zero-order chi connectivity index (χ0) is 10.1. The highest BCUT2D eigenvalue weighted by molar-refractivity contribution is 5.85. The van der Waals surface area contributed by atoms with E-state index in [1.165, 1.54) is 6.08 Å². The number of aliphatic carboxylic acids is 1. The number of carbonyl (C=O) groups is 1. The Balaban J connectivity index is 3.49. The molecule has 0 aliphatic rings. The molecule has 0 saturated carbocycles. The monoisotopic (exact) mass is 183 g/mol. The van der Waals surface area contributed by atoms with Crippen LogP contribution in [0.15, 0.2) is 16.6 Å². The fraction of sp³-hybridized carbons (Fsp3) is 0.556. The second-order valence-corrected chi connectivity index (χ2v) is 2.66. The SMILES string of the molecule is CC(=CCCCCN=C=O)C(=O)O. The minimum atomic E-state index is -0.883. The Hall–Kier alpha value is -1.41. The van der Waals surface area contributed by atoms with E-state index in [1.807, 2.05) is 0 Å². The Morgan fingerprint density at radius 2 is 2.23 bits per heavy atom. The summed E-state index contributed by atoms with van der Waals surface area (Å²) in [5.41, 5.74) is 0.360. The molecule has 0 aromatic carbocycles. The van der Waals surface area contributed by atoms with Crippen LogP contribution < -0.4 is 0 Å². The van der Waals surface area contributed by atoms with Gasteiger partial charge in [-0.15, -0.1) is 0 Å². The predicted molar refractivity (Wildman–Crippen MR) is 48.2 cm³/mol. The third kappa shape index (κ3) is 6.97. The van der Waals surface area contributed by atoms with Crippen LogP contribution >= 0.6 is 0 Å². The van der Waals surface area contributed by atoms with Gasteiger partial charge < -0.3 is 5.11 Å². The number of carboxylic acid groups (broad SMARTS) is 1. The fourth-order valence-electron chi connectivity index (χ4n) is 0.787. The summed E-state index contributed by atoms with van der Waals surface area (Å²) in [7, 11) is 0. The molecule has 0 aliphatic heterocycles. The van der Waals surface area contributed by atoms with Crippen LogP contribution in [-0.4, -0.2) is 23.7 Å². The van der Waals surface area contributed by atoms with Gasteiger partial charge in [-0.1, -0.05) is 6.08 Å². The highest BCUT2D eigenvalue weighted by Gasteiger charge is 1.97. The first-order chi connectivity index (χ1) is 6.18. The average molecular weight is 183 g/mol. The molecular weight excluding hydrogens is 170 g/mol. The number of isocyanates is 1. The highest BCUT2D eigenvalue weighted by atomic mass is 16.4. The summed E-state index contributed by atoms with van der Waals surface area (Å²) in [6.45, 7) is 2.04. The minimum Gasteiger partial charge on any atom is -0.478 e. The fourth-order valence-corrected chi connectivity index (χ4v) is 0.787. The molecular formula is C9H13NO3. The molecule has 0 aromatic rings.